The molecule has 0 heterocycles. The van der Waals surface area contributed by atoms with Crippen molar-refractivity contribution in [2.45, 2.75) is 33.3 Å². The molecule has 0 amide bonds. The Balaban J connectivity index is 3.08. The van der Waals surface area contributed by atoms with Gasteiger partial charge in [0.15, 0.2) is 0 Å². The SMILES string of the molecule is CCC1(C)C(O)=C(C)C=CC1O. The van der Waals surface area contributed by atoms with Gasteiger partial charge in [0.05, 0.1) is 11.5 Å². The Kier molecular flexibility index (Phi) is 2.29. The minimum Gasteiger partial charge on any atom is -0.511 e. The number of allylic oxidation sites excluding steroid dienone is 2. The summed E-state index contributed by atoms with van der Waals surface area (Å²) in [5.74, 6) is 0.319. The Morgan fingerprint density at radius 3 is 2.58 bits per heavy atom. The molecule has 12 heavy (non-hydrogen) atoms. The van der Waals surface area contributed by atoms with Crippen LogP contribution in [0.15, 0.2) is 23.5 Å². The highest BCUT2D eigenvalue weighted by atomic mass is 16.3. The van der Waals surface area contributed by atoms with Crippen molar-refractivity contribution in [3.05, 3.63) is 23.5 Å². The lowest BCUT2D eigenvalue weighted by molar-refractivity contribution is 0.0614. The first kappa shape index (κ1) is 9.33. The van der Waals surface area contributed by atoms with E-state index < -0.39 is 11.5 Å². The van der Waals surface area contributed by atoms with Crippen LogP contribution in [0.25, 0.3) is 0 Å². The molecule has 1 aliphatic carbocycles. The molecule has 2 nitrogen and oxygen atoms in total. The molecule has 0 bridgehead atoms. The Bertz CT molecular complexity index is 240. The fourth-order valence-electron chi connectivity index (χ4n) is 1.49. The molecule has 1 aliphatic rings. The smallest absolute Gasteiger partial charge is 0.104 e. The molecule has 2 unspecified atom stereocenters. The summed E-state index contributed by atoms with van der Waals surface area (Å²) < 4.78 is 0. The molecule has 0 fully saturated rings. The molecule has 1 rings (SSSR count). The summed E-state index contributed by atoms with van der Waals surface area (Å²) in [5.41, 5.74) is 0.364. The first-order valence-corrected chi connectivity index (χ1v) is 4.29. The highest BCUT2D eigenvalue weighted by Gasteiger charge is 2.36. The molecule has 0 aromatic heterocycles. The number of hydrogen-bond acceptors (Lipinski definition) is 2. The molecule has 0 radical (unpaired) electrons. The third kappa shape index (κ3) is 1.16. The molecule has 2 N–H and O–H groups in total. The van der Waals surface area contributed by atoms with Crippen molar-refractivity contribution in [2.24, 2.45) is 5.41 Å². The highest BCUT2D eigenvalue weighted by molar-refractivity contribution is 5.31. The van der Waals surface area contributed by atoms with Crippen LogP contribution in [0.2, 0.25) is 0 Å². The lowest BCUT2D eigenvalue weighted by atomic mass is 9.75. The normalized spacial score (nSPS) is 35.8. The molecular weight excluding hydrogens is 152 g/mol. The summed E-state index contributed by atoms with van der Waals surface area (Å²) >= 11 is 0. The van der Waals surface area contributed by atoms with E-state index in [9.17, 15) is 10.2 Å². The van der Waals surface area contributed by atoms with Crippen LogP contribution in [-0.4, -0.2) is 16.3 Å². The van der Waals surface area contributed by atoms with Gasteiger partial charge in [-0.05, 0) is 25.8 Å². The molecule has 0 aromatic carbocycles. The van der Waals surface area contributed by atoms with Crippen LogP contribution in [0, 0.1) is 5.41 Å². The van der Waals surface area contributed by atoms with Gasteiger partial charge in [0, 0.05) is 0 Å². The summed E-state index contributed by atoms with van der Waals surface area (Å²) in [5, 5.41) is 19.4. The van der Waals surface area contributed by atoms with Crippen molar-refractivity contribution in [3.8, 4) is 0 Å². The van der Waals surface area contributed by atoms with Crippen LogP contribution in [0.5, 0.6) is 0 Å². The average molecular weight is 168 g/mol. The summed E-state index contributed by atoms with van der Waals surface area (Å²) in [6.45, 7) is 5.69. The number of aliphatic hydroxyl groups is 2. The van der Waals surface area contributed by atoms with Crippen molar-refractivity contribution in [3.63, 3.8) is 0 Å². The fourth-order valence-corrected chi connectivity index (χ4v) is 1.49. The van der Waals surface area contributed by atoms with Crippen LogP contribution in [0.1, 0.15) is 27.2 Å². The van der Waals surface area contributed by atoms with Gasteiger partial charge < -0.3 is 10.2 Å². The van der Waals surface area contributed by atoms with Crippen molar-refractivity contribution in [2.75, 3.05) is 0 Å². The zero-order valence-electron chi connectivity index (χ0n) is 7.83. The average Bonchev–Trinajstić information content (AvgIpc) is 2.08. The van der Waals surface area contributed by atoms with Gasteiger partial charge in [0.2, 0.25) is 0 Å². The second-order valence-electron chi connectivity index (χ2n) is 3.61. The predicted molar refractivity (Wildman–Crippen MR) is 48.9 cm³/mol. The van der Waals surface area contributed by atoms with Crippen LogP contribution < -0.4 is 0 Å². The lowest BCUT2D eigenvalue weighted by Crippen LogP contribution is -2.34. The van der Waals surface area contributed by atoms with E-state index >= 15 is 0 Å². The fraction of sp³-hybridized carbons (Fsp3) is 0.600. The largest absolute Gasteiger partial charge is 0.511 e. The van der Waals surface area contributed by atoms with Crippen LogP contribution >= 0.6 is 0 Å². The van der Waals surface area contributed by atoms with Gasteiger partial charge in [-0.2, -0.15) is 0 Å². The summed E-state index contributed by atoms with van der Waals surface area (Å²) in [7, 11) is 0. The second-order valence-corrected chi connectivity index (χ2v) is 3.61. The van der Waals surface area contributed by atoms with Gasteiger partial charge in [-0.25, -0.2) is 0 Å². The van der Waals surface area contributed by atoms with E-state index in [2.05, 4.69) is 0 Å². The Hall–Kier alpha value is -0.760. The molecule has 0 aliphatic heterocycles. The van der Waals surface area contributed by atoms with Crippen LogP contribution in [-0.2, 0) is 0 Å². The lowest BCUT2D eigenvalue weighted by Gasteiger charge is -2.34. The van der Waals surface area contributed by atoms with E-state index in [1.807, 2.05) is 20.8 Å². The minimum atomic E-state index is -0.564. The van der Waals surface area contributed by atoms with E-state index in [0.717, 1.165) is 12.0 Å². The number of hydrogen-bond donors (Lipinski definition) is 2. The quantitative estimate of drug-likeness (QED) is 0.630. The van der Waals surface area contributed by atoms with Gasteiger partial charge in [0.1, 0.15) is 5.76 Å². The van der Waals surface area contributed by atoms with Gasteiger partial charge in [-0.1, -0.05) is 19.1 Å². The van der Waals surface area contributed by atoms with Crippen LogP contribution in [0.4, 0.5) is 0 Å². The zero-order valence-corrected chi connectivity index (χ0v) is 7.83. The van der Waals surface area contributed by atoms with E-state index in [-0.39, 0.29) is 0 Å². The minimum absolute atomic E-state index is 0.319. The van der Waals surface area contributed by atoms with Crippen LogP contribution in [0.3, 0.4) is 0 Å². The molecule has 0 saturated heterocycles. The topological polar surface area (TPSA) is 40.5 Å². The van der Waals surface area contributed by atoms with E-state index in [1.54, 1.807) is 12.2 Å². The molecule has 0 aromatic rings. The second kappa shape index (κ2) is 2.94. The summed E-state index contributed by atoms with van der Waals surface area (Å²) in [4.78, 5) is 0. The van der Waals surface area contributed by atoms with E-state index in [0.29, 0.717) is 5.76 Å². The standard InChI is InChI=1S/C10H16O2/c1-4-10(3)8(11)6-5-7(2)9(10)12/h5-6,8,11-12H,4H2,1-3H3. The third-order valence-corrected chi connectivity index (χ3v) is 2.83. The predicted octanol–water partition coefficient (Wildman–Crippen LogP) is 2.17. The van der Waals surface area contributed by atoms with Gasteiger partial charge in [-0.3, -0.25) is 0 Å². The monoisotopic (exact) mass is 168 g/mol. The molecule has 68 valence electrons. The Morgan fingerprint density at radius 2 is 2.17 bits per heavy atom. The van der Waals surface area contributed by atoms with Crippen molar-refractivity contribution >= 4 is 0 Å². The molecule has 0 spiro atoms. The van der Waals surface area contributed by atoms with Gasteiger partial charge in [0.25, 0.3) is 0 Å². The Morgan fingerprint density at radius 1 is 1.58 bits per heavy atom. The highest BCUT2D eigenvalue weighted by Crippen LogP contribution is 2.38. The number of rotatable bonds is 1. The summed E-state index contributed by atoms with van der Waals surface area (Å²) in [6, 6.07) is 0. The number of aliphatic hydroxyl groups excluding tert-OH is 2. The first-order valence-electron chi connectivity index (χ1n) is 4.29. The molecule has 2 heteroatoms. The van der Waals surface area contributed by atoms with Crippen molar-refractivity contribution < 1.29 is 10.2 Å². The maximum Gasteiger partial charge on any atom is 0.104 e. The van der Waals surface area contributed by atoms with Gasteiger partial charge >= 0.3 is 0 Å². The van der Waals surface area contributed by atoms with E-state index in [1.165, 1.54) is 0 Å². The van der Waals surface area contributed by atoms with Crippen molar-refractivity contribution in [1.29, 1.82) is 0 Å². The van der Waals surface area contributed by atoms with Crippen molar-refractivity contribution in [1.82, 2.24) is 0 Å². The molecule has 0 saturated carbocycles. The maximum atomic E-state index is 9.74. The van der Waals surface area contributed by atoms with E-state index in [4.69, 9.17) is 0 Å². The maximum absolute atomic E-state index is 9.74. The third-order valence-electron chi connectivity index (χ3n) is 2.83. The Labute approximate surface area is 73.2 Å². The summed E-state index contributed by atoms with van der Waals surface area (Å²) in [6.07, 6.45) is 3.67. The molecular formula is C10H16O2. The van der Waals surface area contributed by atoms with Gasteiger partial charge in [-0.15, -0.1) is 0 Å². The first-order chi connectivity index (χ1) is 5.52. The zero-order chi connectivity index (χ0) is 9.35. The molecule has 2 atom stereocenters.